The molecule has 2 N–H and O–H groups in total. The van der Waals surface area contributed by atoms with E-state index < -0.39 is 23.8 Å². The van der Waals surface area contributed by atoms with E-state index in [4.69, 9.17) is 9.47 Å². The summed E-state index contributed by atoms with van der Waals surface area (Å²) in [4.78, 5) is 24.2. The largest absolute Gasteiger partial charge is 0.486 e. The molecular weight excluding hydrogens is 284 g/mol. The van der Waals surface area contributed by atoms with Gasteiger partial charge in [0.1, 0.15) is 23.5 Å². The number of benzene rings is 1. The second-order valence-corrected chi connectivity index (χ2v) is 6.44. The first-order chi connectivity index (χ1) is 10.2. The van der Waals surface area contributed by atoms with Crippen molar-refractivity contribution < 1.29 is 19.1 Å². The Labute approximate surface area is 130 Å². The molecule has 0 unspecified atom stereocenters. The van der Waals surface area contributed by atoms with Gasteiger partial charge in [-0.1, -0.05) is 6.07 Å². The first-order valence-electron chi connectivity index (χ1n) is 7.23. The third-order valence-electron chi connectivity index (χ3n) is 3.13. The van der Waals surface area contributed by atoms with Crippen molar-refractivity contribution in [2.75, 3.05) is 5.32 Å². The average molecular weight is 306 g/mol. The fourth-order valence-corrected chi connectivity index (χ4v) is 2.14. The molecule has 0 spiro atoms. The van der Waals surface area contributed by atoms with Crippen LogP contribution in [0, 0.1) is 6.92 Å². The summed E-state index contributed by atoms with van der Waals surface area (Å²) in [5.74, 6) is 0.260. The summed E-state index contributed by atoms with van der Waals surface area (Å²) in [6, 6.07) is 4.68. The summed E-state index contributed by atoms with van der Waals surface area (Å²) in [6.07, 6.45) is -1.17. The maximum absolute atomic E-state index is 12.3. The lowest BCUT2D eigenvalue weighted by Gasteiger charge is -2.24. The lowest BCUT2D eigenvalue weighted by molar-refractivity contribution is -0.119. The van der Waals surface area contributed by atoms with Gasteiger partial charge in [0.05, 0.1) is 5.69 Å². The second-order valence-electron chi connectivity index (χ2n) is 6.44. The molecule has 2 rings (SSSR count). The van der Waals surface area contributed by atoms with Crippen molar-refractivity contribution in [2.24, 2.45) is 0 Å². The third kappa shape index (κ3) is 3.90. The number of hydrogen-bond acceptors (Lipinski definition) is 4. The van der Waals surface area contributed by atoms with Crippen molar-refractivity contribution in [1.82, 2.24) is 5.32 Å². The zero-order chi connectivity index (χ0) is 16.5. The Hall–Kier alpha value is -2.24. The molecule has 2 atom stereocenters. The molecule has 1 aromatic rings. The maximum atomic E-state index is 12.3. The van der Waals surface area contributed by atoms with E-state index in [1.54, 1.807) is 33.8 Å². The van der Waals surface area contributed by atoms with Crippen LogP contribution in [0.2, 0.25) is 0 Å². The second kappa shape index (κ2) is 5.87. The number of amides is 2. The molecule has 22 heavy (non-hydrogen) atoms. The molecule has 0 fully saturated rings. The van der Waals surface area contributed by atoms with Crippen LogP contribution < -0.4 is 15.4 Å². The first-order valence-corrected chi connectivity index (χ1v) is 7.23. The summed E-state index contributed by atoms with van der Waals surface area (Å²) in [5, 5.41) is 5.33. The Bertz CT molecular complexity index is 592. The highest BCUT2D eigenvalue weighted by molar-refractivity contribution is 5.98. The maximum Gasteiger partial charge on any atom is 0.408 e. The molecule has 1 aromatic carbocycles. The molecule has 0 aromatic heterocycles. The van der Waals surface area contributed by atoms with E-state index in [-0.39, 0.29) is 5.91 Å². The summed E-state index contributed by atoms with van der Waals surface area (Å²) in [5.41, 5.74) is 0.991. The van der Waals surface area contributed by atoms with E-state index in [0.29, 0.717) is 11.4 Å². The summed E-state index contributed by atoms with van der Waals surface area (Å²) < 4.78 is 11.0. The van der Waals surface area contributed by atoms with Crippen LogP contribution in [-0.2, 0) is 9.53 Å². The van der Waals surface area contributed by atoms with Gasteiger partial charge in [0, 0.05) is 0 Å². The highest BCUT2D eigenvalue weighted by atomic mass is 16.6. The van der Waals surface area contributed by atoms with E-state index in [9.17, 15) is 9.59 Å². The molecule has 0 saturated heterocycles. The van der Waals surface area contributed by atoms with Crippen LogP contribution in [0.1, 0.15) is 33.3 Å². The van der Waals surface area contributed by atoms with Crippen molar-refractivity contribution in [3.63, 3.8) is 0 Å². The minimum absolute atomic E-state index is 0.332. The minimum atomic E-state index is -0.831. The minimum Gasteiger partial charge on any atom is -0.486 e. The topological polar surface area (TPSA) is 76.7 Å². The Morgan fingerprint density at radius 1 is 1.36 bits per heavy atom. The van der Waals surface area contributed by atoms with Crippen molar-refractivity contribution in [2.45, 2.75) is 52.4 Å². The van der Waals surface area contributed by atoms with Gasteiger partial charge in [-0.3, -0.25) is 4.79 Å². The van der Waals surface area contributed by atoms with Gasteiger partial charge >= 0.3 is 6.09 Å². The zero-order valence-corrected chi connectivity index (χ0v) is 13.5. The third-order valence-corrected chi connectivity index (χ3v) is 3.13. The molecule has 6 heteroatoms. The van der Waals surface area contributed by atoms with Crippen LogP contribution in [-0.4, -0.2) is 29.7 Å². The van der Waals surface area contributed by atoms with E-state index in [2.05, 4.69) is 10.6 Å². The van der Waals surface area contributed by atoms with Gasteiger partial charge in [0.25, 0.3) is 5.91 Å². The Morgan fingerprint density at radius 2 is 2.05 bits per heavy atom. The van der Waals surface area contributed by atoms with Gasteiger partial charge in [-0.25, -0.2) is 4.79 Å². The van der Waals surface area contributed by atoms with Crippen molar-refractivity contribution in [1.29, 1.82) is 0 Å². The van der Waals surface area contributed by atoms with Crippen LogP contribution in [0.3, 0.4) is 0 Å². The van der Waals surface area contributed by atoms with E-state index in [1.807, 2.05) is 19.1 Å². The van der Waals surface area contributed by atoms with Gasteiger partial charge in [-0.15, -0.1) is 0 Å². The standard InChI is InChI=1S/C16H22N2O4/c1-9-6-7-11-12(8-9)21-10(2)13(14(19)17-11)18-15(20)22-16(3,4)5/h6-8,10,13H,1-5H3,(H,17,19)(H,18,20)/t10-,13-/m0/s1. The number of aryl methyl sites for hydroxylation is 1. The molecule has 6 nitrogen and oxygen atoms in total. The smallest absolute Gasteiger partial charge is 0.408 e. The summed E-state index contributed by atoms with van der Waals surface area (Å²) in [6.45, 7) is 8.96. The quantitative estimate of drug-likeness (QED) is 0.836. The van der Waals surface area contributed by atoms with Gasteiger partial charge in [-0.05, 0) is 52.3 Å². The first kappa shape index (κ1) is 16.1. The number of fused-ring (bicyclic) bond motifs is 1. The number of alkyl carbamates (subject to hydrolysis) is 1. The highest BCUT2D eigenvalue weighted by Crippen LogP contribution is 2.30. The van der Waals surface area contributed by atoms with Crippen LogP contribution in [0.5, 0.6) is 5.75 Å². The number of anilines is 1. The number of carbonyl (C=O) groups excluding carboxylic acids is 2. The summed E-state index contributed by atoms with van der Waals surface area (Å²) in [7, 11) is 0. The molecule has 0 radical (unpaired) electrons. The van der Waals surface area contributed by atoms with Crippen molar-refractivity contribution in [3.8, 4) is 5.75 Å². The number of nitrogens with one attached hydrogen (secondary N) is 2. The lowest BCUT2D eigenvalue weighted by Crippen LogP contribution is -2.51. The predicted octanol–water partition coefficient (Wildman–Crippen LogP) is 2.61. The fourth-order valence-electron chi connectivity index (χ4n) is 2.14. The van der Waals surface area contributed by atoms with Crippen LogP contribution in [0.15, 0.2) is 18.2 Å². The van der Waals surface area contributed by atoms with Gasteiger partial charge < -0.3 is 20.1 Å². The molecule has 0 saturated carbocycles. The van der Waals surface area contributed by atoms with Crippen LogP contribution in [0.25, 0.3) is 0 Å². The average Bonchev–Trinajstić information content (AvgIpc) is 2.46. The van der Waals surface area contributed by atoms with Gasteiger partial charge in [0.2, 0.25) is 0 Å². The molecule has 2 amide bonds. The lowest BCUT2D eigenvalue weighted by atomic mass is 10.1. The molecule has 1 heterocycles. The SMILES string of the molecule is Cc1ccc2c(c1)O[C@@H](C)[C@H](NC(=O)OC(C)(C)C)C(=O)N2. The van der Waals surface area contributed by atoms with Crippen LogP contribution >= 0.6 is 0 Å². The number of carbonyl (C=O) groups is 2. The molecule has 0 bridgehead atoms. The van der Waals surface area contributed by atoms with Gasteiger partial charge in [0.15, 0.2) is 0 Å². The molecule has 0 aliphatic carbocycles. The Balaban J connectivity index is 2.15. The Morgan fingerprint density at radius 3 is 2.68 bits per heavy atom. The number of hydrogen-bond donors (Lipinski definition) is 2. The fraction of sp³-hybridized carbons (Fsp3) is 0.500. The molecule has 1 aliphatic heterocycles. The van der Waals surface area contributed by atoms with Crippen molar-refractivity contribution >= 4 is 17.7 Å². The number of rotatable bonds is 1. The number of ether oxygens (including phenoxy) is 2. The summed E-state index contributed by atoms with van der Waals surface area (Å²) >= 11 is 0. The monoisotopic (exact) mass is 306 g/mol. The van der Waals surface area contributed by atoms with Crippen LogP contribution in [0.4, 0.5) is 10.5 Å². The highest BCUT2D eigenvalue weighted by Gasteiger charge is 2.33. The predicted molar refractivity (Wildman–Crippen MR) is 83.1 cm³/mol. The van der Waals surface area contributed by atoms with E-state index in [0.717, 1.165) is 5.56 Å². The molecule has 1 aliphatic rings. The van der Waals surface area contributed by atoms with Crippen molar-refractivity contribution in [3.05, 3.63) is 23.8 Å². The normalized spacial score (nSPS) is 21.0. The van der Waals surface area contributed by atoms with E-state index in [1.165, 1.54) is 0 Å². The van der Waals surface area contributed by atoms with E-state index >= 15 is 0 Å². The Kier molecular flexibility index (Phi) is 4.30. The van der Waals surface area contributed by atoms with Gasteiger partial charge in [-0.2, -0.15) is 0 Å². The molecular formula is C16H22N2O4. The zero-order valence-electron chi connectivity index (χ0n) is 13.5. The molecule has 120 valence electrons.